The van der Waals surface area contributed by atoms with Crippen molar-refractivity contribution in [2.45, 2.75) is 52.6 Å². The van der Waals surface area contributed by atoms with E-state index in [0.717, 1.165) is 36.6 Å². The molecule has 106 valence electrons. The van der Waals surface area contributed by atoms with Crippen molar-refractivity contribution in [3.8, 4) is 0 Å². The highest BCUT2D eigenvalue weighted by molar-refractivity contribution is 7.11. The lowest BCUT2D eigenvalue weighted by Gasteiger charge is -2.36. The Morgan fingerprint density at radius 1 is 1.53 bits per heavy atom. The molecule has 0 saturated carbocycles. The van der Waals surface area contributed by atoms with Crippen molar-refractivity contribution in [3.63, 3.8) is 0 Å². The third-order valence-electron chi connectivity index (χ3n) is 3.71. The molecule has 1 amide bonds. The molecule has 1 aliphatic heterocycles. The van der Waals surface area contributed by atoms with Crippen LogP contribution in [0, 0.1) is 13.8 Å². The molecule has 5 heteroatoms. The van der Waals surface area contributed by atoms with Gasteiger partial charge in [0.15, 0.2) is 0 Å². The van der Waals surface area contributed by atoms with Gasteiger partial charge in [-0.3, -0.25) is 4.79 Å². The molecule has 1 N–H and O–H groups in total. The summed E-state index contributed by atoms with van der Waals surface area (Å²) < 4.78 is 0. The largest absolute Gasteiger partial charge is 0.334 e. The van der Waals surface area contributed by atoms with Gasteiger partial charge in [0.25, 0.3) is 0 Å². The van der Waals surface area contributed by atoms with Gasteiger partial charge in [-0.15, -0.1) is 11.3 Å². The Balaban J connectivity index is 2.16. The molecule has 2 atom stereocenters. The molecule has 0 aliphatic carbocycles. The topological polar surface area (TPSA) is 45.2 Å². The number of piperidine rings is 1. The molecule has 0 bridgehead atoms. The highest BCUT2D eigenvalue weighted by Gasteiger charge is 2.32. The Labute approximate surface area is 119 Å². The van der Waals surface area contributed by atoms with Crippen molar-refractivity contribution in [1.29, 1.82) is 0 Å². The lowest BCUT2D eigenvalue weighted by atomic mass is 10.0. The second-order valence-electron chi connectivity index (χ2n) is 5.14. The molecule has 2 unspecified atom stereocenters. The highest BCUT2D eigenvalue weighted by Crippen LogP contribution is 2.31. The van der Waals surface area contributed by atoms with Gasteiger partial charge in [0.2, 0.25) is 5.91 Å². The van der Waals surface area contributed by atoms with E-state index in [1.54, 1.807) is 11.3 Å². The molecule has 0 radical (unpaired) electrons. The number of likely N-dealkylation sites (N-methyl/N-ethyl adjacent to an activating group) is 1. The maximum Gasteiger partial charge on any atom is 0.240 e. The molecule has 0 aromatic carbocycles. The summed E-state index contributed by atoms with van der Waals surface area (Å²) in [5.41, 5.74) is 1.06. The number of rotatable bonds is 4. The number of hydrogen-bond donors (Lipinski definition) is 1. The number of hydrogen-bond acceptors (Lipinski definition) is 4. The van der Waals surface area contributed by atoms with Crippen LogP contribution in [0.3, 0.4) is 0 Å². The number of likely N-dealkylation sites (tertiary alicyclic amines) is 1. The Bertz CT molecular complexity index is 456. The number of carbonyl (C=O) groups excluding carboxylic acids is 1. The first kappa shape index (κ1) is 14.5. The maximum atomic E-state index is 12.5. The number of amides is 1. The van der Waals surface area contributed by atoms with Gasteiger partial charge in [0.05, 0.1) is 22.8 Å². The lowest BCUT2D eigenvalue weighted by molar-refractivity contribution is -0.138. The first-order valence-electron chi connectivity index (χ1n) is 7.02. The summed E-state index contributed by atoms with van der Waals surface area (Å²) in [5.74, 6) is 0.242. The van der Waals surface area contributed by atoms with E-state index >= 15 is 0 Å². The van der Waals surface area contributed by atoms with Crippen LogP contribution in [0.15, 0.2) is 0 Å². The van der Waals surface area contributed by atoms with Crippen LogP contribution < -0.4 is 5.32 Å². The first-order valence-corrected chi connectivity index (χ1v) is 7.84. The normalized spacial score (nSPS) is 21.8. The third-order valence-corrected chi connectivity index (χ3v) is 4.95. The van der Waals surface area contributed by atoms with Gasteiger partial charge in [-0.1, -0.05) is 6.92 Å². The van der Waals surface area contributed by atoms with Crippen LogP contribution in [0.1, 0.15) is 48.3 Å². The zero-order valence-corrected chi connectivity index (χ0v) is 13.0. The quantitative estimate of drug-likeness (QED) is 0.922. The maximum absolute atomic E-state index is 12.5. The van der Waals surface area contributed by atoms with E-state index in [0.29, 0.717) is 0 Å². The van der Waals surface area contributed by atoms with Crippen LogP contribution in [0.25, 0.3) is 0 Å². The summed E-state index contributed by atoms with van der Waals surface area (Å²) in [6.45, 7) is 9.92. The number of nitrogens with zero attached hydrogens (tertiary/aromatic N) is 2. The average Bonchev–Trinajstić information content (AvgIpc) is 2.70. The van der Waals surface area contributed by atoms with Crippen LogP contribution >= 0.6 is 11.3 Å². The smallest absolute Gasteiger partial charge is 0.240 e. The number of carbonyl (C=O) groups is 1. The van der Waals surface area contributed by atoms with Crippen molar-refractivity contribution >= 4 is 17.2 Å². The second kappa shape index (κ2) is 6.01. The van der Waals surface area contributed by atoms with E-state index in [1.165, 1.54) is 4.88 Å². The first-order chi connectivity index (χ1) is 9.04. The molecule has 19 heavy (non-hydrogen) atoms. The fraction of sp³-hybridized carbons (Fsp3) is 0.714. The molecular formula is C14H23N3OS. The van der Waals surface area contributed by atoms with Crippen molar-refractivity contribution < 1.29 is 4.79 Å². The molecule has 1 aromatic rings. The minimum absolute atomic E-state index is 0.00414. The Kier molecular flexibility index (Phi) is 4.58. The van der Waals surface area contributed by atoms with Gasteiger partial charge in [-0.25, -0.2) is 4.98 Å². The third kappa shape index (κ3) is 2.98. The summed E-state index contributed by atoms with van der Waals surface area (Å²) in [4.78, 5) is 20.2. The zero-order chi connectivity index (χ0) is 14.0. The highest BCUT2D eigenvalue weighted by atomic mass is 32.1. The summed E-state index contributed by atoms with van der Waals surface area (Å²) in [7, 11) is 0. The second-order valence-corrected chi connectivity index (χ2v) is 6.38. The molecule has 1 saturated heterocycles. The van der Waals surface area contributed by atoms with E-state index in [-0.39, 0.29) is 18.0 Å². The zero-order valence-electron chi connectivity index (χ0n) is 12.2. The summed E-state index contributed by atoms with van der Waals surface area (Å²) >= 11 is 1.71. The fourth-order valence-corrected chi connectivity index (χ4v) is 3.79. The summed E-state index contributed by atoms with van der Waals surface area (Å²) in [5, 5.41) is 4.36. The molecule has 2 rings (SSSR count). The van der Waals surface area contributed by atoms with E-state index in [4.69, 9.17) is 0 Å². The Morgan fingerprint density at radius 2 is 2.26 bits per heavy atom. The van der Waals surface area contributed by atoms with Crippen molar-refractivity contribution in [2.24, 2.45) is 0 Å². The monoisotopic (exact) mass is 281 g/mol. The van der Waals surface area contributed by atoms with Gasteiger partial charge in [-0.05, 0) is 40.2 Å². The van der Waals surface area contributed by atoms with Crippen molar-refractivity contribution in [1.82, 2.24) is 15.2 Å². The standard InChI is InChI=1S/C14H23N3OS/c1-5-15-12-7-6-8-17(14(12)18)10(3)13-9(2)16-11(4)19-13/h10,12,15H,5-8H2,1-4H3. The van der Waals surface area contributed by atoms with E-state index in [1.807, 2.05) is 25.7 Å². The summed E-state index contributed by atoms with van der Waals surface area (Å²) in [6.07, 6.45) is 2.03. The molecule has 0 spiro atoms. The van der Waals surface area contributed by atoms with Crippen LogP contribution in [-0.4, -0.2) is 34.9 Å². The average molecular weight is 281 g/mol. The van der Waals surface area contributed by atoms with Gasteiger partial charge in [-0.2, -0.15) is 0 Å². The molecule has 1 fully saturated rings. The van der Waals surface area contributed by atoms with E-state index in [9.17, 15) is 4.79 Å². The predicted molar refractivity (Wildman–Crippen MR) is 78.4 cm³/mol. The van der Waals surface area contributed by atoms with Gasteiger partial charge in [0.1, 0.15) is 0 Å². The van der Waals surface area contributed by atoms with Crippen molar-refractivity contribution in [2.75, 3.05) is 13.1 Å². The number of thiazole rings is 1. The molecular weight excluding hydrogens is 258 g/mol. The van der Waals surface area contributed by atoms with Gasteiger partial charge < -0.3 is 10.2 Å². The lowest BCUT2D eigenvalue weighted by Crippen LogP contribution is -2.51. The van der Waals surface area contributed by atoms with Crippen LogP contribution in [0.2, 0.25) is 0 Å². The van der Waals surface area contributed by atoms with Crippen molar-refractivity contribution in [3.05, 3.63) is 15.6 Å². The predicted octanol–water partition coefficient (Wildman–Crippen LogP) is 2.42. The van der Waals surface area contributed by atoms with Gasteiger partial charge >= 0.3 is 0 Å². The molecule has 1 aliphatic rings. The molecule has 1 aromatic heterocycles. The Morgan fingerprint density at radius 3 is 2.84 bits per heavy atom. The van der Waals surface area contributed by atoms with Crippen LogP contribution in [-0.2, 0) is 4.79 Å². The SMILES string of the molecule is CCNC1CCCN(C(C)c2sc(C)nc2C)C1=O. The van der Waals surface area contributed by atoms with E-state index in [2.05, 4.69) is 17.2 Å². The summed E-state index contributed by atoms with van der Waals surface area (Å²) in [6, 6.07) is 0.135. The number of aromatic nitrogens is 1. The van der Waals surface area contributed by atoms with E-state index < -0.39 is 0 Å². The fourth-order valence-electron chi connectivity index (χ4n) is 2.80. The minimum Gasteiger partial charge on any atom is -0.334 e. The van der Waals surface area contributed by atoms with Crippen LogP contribution in [0.4, 0.5) is 0 Å². The molecule has 4 nitrogen and oxygen atoms in total. The minimum atomic E-state index is -0.00414. The number of aryl methyl sites for hydroxylation is 2. The molecule has 2 heterocycles. The van der Waals surface area contributed by atoms with Gasteiger partial charge in [0, 0.05) is 11.4 Å². The number of nitrogens with one attached hydrogen (secondary N) is 1. The van der Waals surface area contributed by atoms with Crippen LogP contribution in [0.5, 0.6) is 0 Å². The Hall–Kier alpha value is -0.940.